The average Bonchev–Trinajstić information content (AvgIpc) is 3.16. The van der Waals surface area contributed by atoms with E-state index in [0.717, 1.165) is 45.3 Å². The molecule has 0 radical (unpaired) electrons. The normalized spacial score (nSPS) is 17.3. The maximum Gasteiger partial charge on any atom is 0.410 e. The number of nitrogens with zero attached hydrogens (tertiary/aromatic N) is 1. The number of fused-ring (bicyclic) bond motifs is 4. The Morgan fingerprint density at radius 1 is 1.15 bits per heavy atom. The summed E-state index contributed by atoms with van der Waals surface area (Å²) in [6.45, 7) is 11.0. The van der Waals surface area contributed by atoms with Crippen LogP contribution in [0.25, 0.3) is 16.5 Å². The third kappa shape index (κ3) is 3.58. The van der Waals surface area contributed by atoms with E-state index >= 15 is 0 Å². The van der Waals surface area contributed by atoms with E-state index in [1.54, 1.807) is 4.90 Å². The molecule has 6 heteroatoms. The van der Waals surface area contributed by atoms with E-state index < -0.39 is 5.60 Å². The van der Waals surface area contributed by atoms with Crippen LogP contribution in [-0.2, 0) is 10.2 Å². The number of ketones is 1. The smallest absolute Gasteiger partial charge is 0.410 e. The van der Waals surface area contributed by atoms with Gasteiger partial charge in [-0.25, -0.2) is 4.79 Å². The van der Waals surface area contributed by atoms with Crippen molar-refractivity contribution in [1.29, 1.82) is 0 Å². The lowest BCUT2D eigenvalue weighted by Crippen LogP contribution is -2.39. The zero-order chi connectivity index (χ0) is 24.4. The second kappa shape index (κ2) is 7.49. The van der Waals surface area contributed by atoms with Gasteiger partial charge in [0.2, 0.25) is 0 Å². The monoisotopic (exact) mass is 457 g/mol. The predicted molar refractivity (Wildman–Crippen MR) is 135 cm³/mol. The van der Waals surface area contributed by atoms with Gasteiger partial charge in [0.05, 0.1) is 5.56 Å². The number of carbonyl (C=O) groups is 2. The molecule has 6 nitrogen and oxygen atoms in total. The number of rotatable bonds is 1. The zero-order valence-electron chi connectivity index (χ0n) is 20.4. The fourth-order valence-corrected chi connectivity index (χ4v) is 5.07. The molecular formula is C28H31N3O3. The standard InChI is InChI=1S/C28H31N3O3/c1-27(2,3)34-26(33)31-12-10-16(11-13-31)17-6-8-19-21(14-17)28(4,5)25-23(24(19)32)20-9-7-18(29)15-22(20)30-25/h6-10,14-15,30H,11-13,29H2,1-5H3. The van der Waals surface area contributed by atoms with Crippen LogP contribution in [0.4, 0.5) is 10.5 Å². The molecule has 1 amide bonds. The minimum absolute atomic E-state index is 0.0422. The predicted octanol–water partition coefficient (Wildman–Crippen LogP) is 5.64. The molecule has 3 N–H and O–H groups in total. The Kier molecular flexibility index (Phi) is 4.90. The van der Waals surface area contributed by atoms with Gasteiger partial charge >= 0.3 is 6.09 Å². The summed E-state index contributed by atoms with van der Waals surface area (Å²) in [7, 11) is 0. The fourth-order valence-electron chi connectivity index (χ4n) is 5.07. The second-order valence-electron chi connectivity index (χ2n) is 10.8. The molecule has 1 aliphatic heterocycles. The van der Waals surface area contributed by atoms with Gasteiger partial charge in [0.25, 0.3) is 0 Å². The highest BCUT2D eigenvalue weighted by atomic mass is 16.6. The molecule has 0 fully saturated rings. The van der Waals surface area contributed by atoms with Gasteiger partial charge < -0.3 is 20.4 Å². The largest absolute Gasteiger partial charge is 0.444 e. The second-order valence-corrected chi connectivity index (χ2v) is 10.8. The number of ether oxygens (including phenoxy) is 1. The molecule has 0 spiro atoms. The van der Waals surface area contributed by atoms with Gasteiger partial charge in [-0.15, -0.1) is 0 Å². The van der Waals surface area contributed by atoms with Crippen molar-refractivity contribution in [2.75, 3.05) is 18.8 Å². The molecule has 1 aromatic heterocycles. The van der Waals surface area contributed by atoms with Crippen LogP contribution < -0.4 is 5.73 Å². The van der Waals surface area contributed by atoms with Gasteiger partial charge in [-0.05, 0) is 62.1 Å². The summed E-state index contributed by atoms with van der Waals surface area (Å²) >= 11 is 0. The highest BCUT2D eigenvalue weighted by Gasteiger charge is 2.40. The number of benzene rings is 2. The topological polar surface area (TPSA) is 88.4 Å². The van der Waals surface area contributed by atoms with E-state index in [2.05, 4.69) is 31.0 Å². The number of nitrogens with one attached hydrogen (secondary N) is 1. The van der Waals surface area contributed by atoms with Crippen LogP contribution in [0.1, 0.15) is 73.8 Å². The average molecular weight is 458 g/mol. The number of amides is 1. The Balaban J connectivity index is 1.49. The third-order valence-corrected chi connectivity index (χ3v) is 6.84. The lowest BCUT2D eigenvalue weighted by molar-refractivity contribution is 0.0270. The molecule has 5 rings (SSSR count). The van der Waals surface area contributed by atoms with E-state index in [0.29, 0.717) is 18.8 Å². The summed E-state index contributed by atoms with van der Waals surface area (Å²) in [5.41, 5.74) is 12.3. The van der Waals surface area contributed by atoms with Crippen molar-refractivity contribution in [3.05, 3.63) is 70.4 Å². The molecule has 3 aromatic rings. The first-order valence-electron chi connectivity index (χ1n) is 11.7. The van der Waals surface area contributed by atoms with Crippen LogP contribution in [0.15, 0.2) is 42.5 Å². The number of aromatic nitrogens is 1. The number of anilines is 1. The number of nitrogens with two attached hydrogens (primary N) is 1. The van der Waals surface area contributed by atoms with Crippen LogP contribution >= 0.6 is 0 Å². The van der Waals surface area contributed by atoms with Crippen molar-refractivity contribution in [2.45, 2.75) is 52.1 Å². The van der Waals surface area contributed by atoms with E-state index in [9.17, 15) is 9.59 Å². The molecule has 0 saturated carbocycles. The Morgan fingerprint density at radius 3 is 2.59 bits per heavy atom. The number of H-pyrrole nitrogens is 1. The summed E-state index contributed by atoms with van der Waals surface area (Å²) in [6.07, 6.45) is 2.54. The summed E-state index contributed by atoms with van der Waals surface area (Å²) in [4.78, 5) is 31.2. The van der Waals surface area contributed by atoms with Crippen molar-refractivity contribution in [3.8, 4) is 0 Å². The fraction of sp³-hybridized carbons (Fsp3) is 0.357. The van der Waals surface area contributed by atoms with Crippen LogP contribution in [0, 0.1) is 0 Å². The summed E-state index contributed by atoms with van der Waals surface area (Å²) in [6, 6.07) is 11.8. The first-order chi connectivity index (χ1) is 16.0. The summed E-state index contributed by atoms with van der Waals surface area (Å²) < 4.78 is 5.51. The Hall–Kier alpha value is -3.54. The van der Waals surface area contributed by atoms with Crippen molar-refractivity contribution < 1.29 is 14.3 Å². The molecular weight excluding hydrogens is 426 g/mol. The lowest BCUT2D eigenvalue weighted by atomic mass is 9.70. The highest BCUT2D eigenvalue weighted by molar-refractivity contribution is 6.20. The quantitative estimate of drug-likeness (QED) is 0.463. The molecule has 1 aliphatic carbocycles. The van der Waals surface area contributed by atoms with E-state index in [1.807, 2.05) is 51.1 Å². The Bertz CT molecular complexity index is 1370. The molecule has 2 heterocycles. The van der Waals surface area contributed by atoms with Crippen molar-refractivity contribution in [2.24, 2.45) is 0 Å². The minimum atomic E-state index is -0.509. The number of nitrogen functional groups attached to an aromatic ring is 1. The Morgan fingerprint density at radius 2 is 1.91 bits per heavy atom. The van der Waals surface area contributed by atoms with Crippen molar-refractivity contribution >= 4 is 34.0 Å². The van der Waals surface area contributed by atoms with Crippen molar-refractivity contribution in [1.82, 2.24) is 9.88 Å². The van der Waals surface area contributed by atoms with Gasteiger partial charge in [-0.1, -0.05) is 38.1 Å². The molecule has 2 aromatic carbocycles. The zero-order valence-corrected chi connectivity index (χ0v) is 20.4. The van der Waals surface area contributed by atoms with Gasteiger partial charge in [-0.2, -0.15) is 0 Å². The SMILES string of the molecule is CC(C)(C)OC(=O)N1CC=C(c2ccc3c(c2)C(C)(C)c2[nH]c4cc(N)ccc4c2C3=O)CC1. The lowest BCUT2D eigenvalue weighted by Gasteiger charge is -2.33. The number of carbonyl (C=O) groups excluding carboxylic acids is 2. The van der Waals surface area contributed by atoms with Gasteiger partial charge in [-0.3, -0.25) is 4.79 Å². The van der Waals surface area contributed by atoms with Crippen molar-refractivity contribution in [3.63, 3.8) is 0 Å². The molecule has 176 valence electrons. The van der Waals surface area contributed by atoms with Gasteiger partial charge in [0.15, 0.2) is 5.78 Å². The maximum absolute atomic E-state index is 13.6. The van der Waals surface area contributed by atoms with E-state index in [1.165, 1.54) is 5.57 Å². The molecule has 34 heavy (non-hydrogen) atoms. The number of hydrogen-bond donors (Lipinski definition) is 2. The first-order valence-corrected chi connectivity index (χ1v) is 11.7. The highest BCUT2D eigenvalue weighted by Crippen LogP contribution is 2.44. The third-order valence-electron chi connectivity index (χ3n) is 6.84. The summed E-state index contributed by atoms with van der Waals surface area (Å²) in [5, 5.41) is 0.911. The molecule has 0 unspecified atom stereocenters. The molecule has 0 saturated heterocycles. The molecule has 2 aliphatic rings. The van der Waals surface area contributed by atoms with E-state index in [-0.39, 0.29) is 17.3 Å². The van der Waals surface area contributed by atoms with E-state index in [4.69, 9.17) is 10.5 Å². The first kappa shape index (κ1) is 22.3. The van der Waals surface area contributed by atoms with Crippen LogP contribution in [-0.4, -0.2) is 40.5 Å². The van der Waals surface area contributed by atoms with Crippen LogP contribution in [0.5, 0.6) is 0 Å². The van der Waals surface area contributed by atoms with Gasteiger partial charge in [0, 0.05) is 46.4 Å². The molecule has 0 atom stereocenters. The minimum Gasteiger partial charge on any atom is -0.444 e. The van der Waals surface area contributed by atoms with Gasteiger partial charge in [0.1, 0.15) is 5.60 Å². The number of aromatic amines is 1. The van der Waals surface area contributed by atoms with Crippen LogP contribution in [0.3, 0.4) is 0 Å². The molecule has 0 bridgehead atoms. The number of hydrogen-bond acceptors (Lipinski definition) is 4. The Labute approximate surface area is 199 Å². The summed E-state index contributed by atoms with van der Waals surface area (Å²) in [5.74, 6) is 0.0422. The van der Waals surface area contributed by atoms with Crippen LogP contribution in [0.2, 0.25) is 0 Å². The maximum atomic E-state index is 13.6.